The average molecular weight is 259 g/mol. The fraction of sp³-hybridized carbons (Fsp3) is 0.286. The fourth-order valence-electron chi connectivity index (χ4n) is 1.67. The number of rotatable bonds is 5. The number of benzene rings is 1. The highest BCUT2D eigenvalue weighted by atomic mass is 16.5. The van der Waals surface area contributed by atoms with Crippen LogP contribution in [0.5, 0.6) is 11.5 Å². The number of aromatic hydroxyl groups is 1. The van der Waals surface area contributed by atoms with E-state index in [2.05, 4.69) is 22.4 Å². The average Bonchev–Trinajstić information content (AvgIpc) is 2.46. The first-order chi connectivity index (χ1) is 9.24. The monoisotopic (exact) mass is 259 g/mol. The van der Waals surface area contributed by atoms with E-state index in [1.54, 1.807) is 25.3 Å². The molecule has 0 spiro atoms. The summed E-state index contributed by atoms with van der Waals surface area (Å²) >= 11 is 0. The van der Waals surface area contributed by atoms with Crippen molar-refractivity contribution in [2.24, 2.45) is 0 Å². The van der Waals surface area contributed by atoms with Crippen molar-refractivity contribution >= 4 is 5.82 Å². The Morgan fingerprint density at radius 1 is 1.21 bits per heavy atom. The van der Waals surface area contributed by atoms with Gasteiger partial charge in [0.25, 0.3) is 0 Å². The third-order valence-corrected chi connectivity index (χ3v) is 2.70. The highest BCUT2D eigenvalue weighted by molar-refractivity contribution is 5.68. The molecule has 2 aromatic rings. The molecule has 100 valence electrons. The Balaban J connectivity index is 2.26. The van der Waals surface area contributed by atoms with Crippen LogP contribution in [0.4, 0.5) is 5.82 Å². The molecule has 1 aromatic carbocycles. The maximum absolute atomic E-state index is 9.86. The summed E-state index contributed by atoms with van der Waals surface area (Å²) in [7, 11) is 1.58. The summed E-state index contributed by atoms with van der Waals surface area (Å²) in [5.74, 6) is 1.56. The molecule has 5 nitrogen and oxygen atoms in total. The molecule has 0 amide bonds. The smallest absolute Gasteiger partial charge is 0.148 e. The minimum atomic E-state index is 0.157. The number of methoxy groups -OCH3 is 1. The summed E-state index contributed by atoms with van der Waals surface area (Å²) in [5.41, 5.74) is 1.22. The number of hydrogen-bond donors (Lipinski definition) is 2. The summed E-state index contributed by atoms with van der Waals surface area (Å²) in [6.07, 6.45) is 1.03. The summed E-state index contributed by atoms with van der Waals surface area (Å²) in [4.78, 5) is 0. The SMILES string of the molecule is CCCNc1ccc(-c2cc(OC)ccc2O)nn1. The van der Waals surface area contributed by atoms with Crippen molar-refractivity contribution in [2.75, 3.05) is 19.0 Å². The zero-order chi connectivity index (χ0) is 13.7. The Morgan fingerprint density at radius 3 is 2.68 bits per heavy atom. The molecule has 0 unspecified atom stereocenters. The van der Waals surface area contributed by atoms with Gasteiger partial charge in [0.15, 0.2) is 0 Å². The van der Waals surface area contributed by atoms with Crippen molar-refractivity contribution in [2.45, 2.75) is 13.3 Å². The first-order valence-corrected chi connectivity index (χ1v) is 6.19. The van der Waals surface area contributed by atoms with Crippen LogP contribution in [-0.4, -0.2) is 29.0 Å². The fourth-order valence-corrected chi connectivity index (χ4v) is 1.67. The third-order valence-electron chi connectivity index (χ3n) is 2.70. The van der Waals surface area contributed by atoms with Crippen LogP contribution >= 0.6 is 0 Å². The predicted molar refractivity (Wildman–Crippen MR) is 74.5 cm³/mol. The lowest BCUT2D eigenvalue weighted by molar-refractivity contribution is 0.412. The second-order valence-electron chi connectivity index (χ2n) is 4.11. The van der Waals surface area contributed by atoms with Gasteiger partial charge in [-0.25, -0.2) is 0 Å². The molecule has 0 aliphatic heterocycles. The largest absolute Gasteiger partial charge is 0.507 e. The van der Waals surface area contributed by atoms with Crippen LogP contribution in [-0.2, 0) is 0 Å². The van der Waals surface area contributed by atoms with Crippen LogP contribution in [0.1, 0.15) is 13.3 Å². The first-order valence-electron chi connectivity index (χ1n) is 6.19. The second kappa shape index (κ2) is 6.04. The second-order valence-corrected chi connectivity index (χ2v) is 4.11. The zero-order valence-electron chi connectivity index (χ0n) is 11.1. The first kappa shape index (κ1) is 13.1. The Kier molecular flexibility index (Phi) is 4.18. The van der Waals surface area contributed by atoms with Crippen LogP contribution in [0, 0.1) is 0 Å². The maximum atomic E-state index is 9.86. The van der Waals surface area contributed by atoms with Crippen LogP contribution < -0.4 is 10.1 Å². The molecule has 0 saturated heterocycles. The van der Waals surface area contributed by atoms with Crippen molar-refractivity contribution < 1.29 is 9.84 Å². The van der Waals surface area contributed by atoms with Gasteiger partial charge in [0.05, 0.1) is 12.8 Å². The van der Waals surface area contributed by atoms with E-state index < -0.39 is 0 Å². The molecule has 1 heterocycles. The zero-order valence-corrected chi connectivity index (χ0v) is 11.1. The van der Waals surface area contributed by atoms with E-state index in [9.17, 15) is 5.11 Å². The normalized spacial score (nSPS) is 10.2. The van der Waals surface area contributed by atoms with Crippen LogP contribution in [0.3, 0.4) is 0 Å². The Hall–Kier alpha value is -2.30. The van der Waals surface area contributed by atoms with Crippen molar-refractivity contribution in [1.29, 1.82) is 0 Å². The molecular weight excluding hydrogens is 242 g/mol. The standard InChI is InChI=1S/C14H17N3O2/c1-3-8-15-14-7-5-12(16-17-14)11-9-10(19-2)4-6-13(11)18/h4-7,9,18H,3,8H2,1-2H3,(H,15,17). The summed E-state index contributed by atoms with van der Waals surface area (Å²) in [6, 6.07) is 8.68. The minimum Gasteiger partial charge on any atom is -0.507 e. The van der Waals surface area contributed by atoms with Crippen LogP contribution in [0.15, 0.2) is 30.3 Å². The lowest BCUT2D eigenvalue weighted by Crippen LogP contribution is -2.02. The number of phenols is 1. The number of ether oxygens (including phenoxy) is 1. The lowest BCUT2D eigenvalue weighted by Gasteiger charge is -2.07. The number of hydrogen-bond acceptors (Lipinski definition) is 5. The number of anilines is 1. The van der Waals surface area contributed by atoms with Crippen molar-refractivity contribution in [3.63, 3.8) is 0 Å². The summed E-state index contributed by atoms with van der Waals surface area (Å²) < 4.78 is 5.14. The summed E-state index contributed by atoms with van der Waals surface area (Å²) in [6.45, 7) is 2.95. The van der Waals surface area contributed by atoms with Gasteiger partial charge in [-0.3, -0.25) is 0 Å². The molecule has 1 aromatic heterocycles. The molecule has 2 rings (SSSR count). The van der Waals surface area contributed by atoms with Gasteiger partial charge >= 0.3 is 0 Å². The Labute approximate surface area is 112 Å². The van der Waals surface area contributed by atoms with Gasteiger partial charge in [-0.15, -0.1) is 10.2 Å². The molecule has 0 fully saturated rings. The molecule has 0 saturated carbocycles. The van der Waals surface area contributed by atoms with Gasteiger partial charge in [0, 0.05) is 12.1 Å². The molecule has 0 bridgehead atoms. The van der Waals surface area contributed by atoms with E-state index in [1.807, 2.05) is 12.1 Å². The highest BCUT2D eigenvalue weighted by Crippen LogP contribution is 2.31. The van der Waals surface area contributed by atoms with Crippen molar-refractivity contribution in [3.8, 4) is 22.8 Å². The number of phenolic OH excluding ortho intramolecular Hbond substituents is 1. The van der Waals surface area contributed by atoms with E-state index in [4.69, 9.17) is 4.74 Å². The van der Waals surface area contributed by atoms with Crippen molar-refractivity contribution in [1.82, 2.24) is 10.2 Å². The molecule has 0 atom stereocenters. The molecular formula is C14H17N3O2. The Morgan fingerprint density at radius 2 is 2.05 bits per heavy atom. The predicted octanol–water partition coefficient (Wildman–Crippen LogP) is 2.68. The van der Waals surface area contributed by atoms with E-state index >= 15 is 0 Å². The molecule has 0 radical (unpaired) electrons. The lowest BCUT2D eigenvalue weighted by atomic mass is 10.1. The van der Waals surface area contributed by atoms with E-state index in [1.165, 1.54) is 0 Å². The molecule has 2 N–H and O–H groups in total. The topological polar surface area (TPSA) is 67.3 Å². The third kappa shape index (κ3) is 3.13. The molecule has 0 aliphatic rings. The maximum Gasteiger partial charge on any atom is 0.148 e. The highest BCUT2D eigenvalue weighted by Gasteiger charge is 2.08. The number of nitrogens with zero attached hydrogens (tertiary/aromatic N) is 2. The van der Waals surface area contributed by atoms with Gasteiger partial charge in [0.1, 0.15) is 17.3 Å². The minimum absolute atomic E-state index is 0.157. The van der Waals surface area contributed by atoms with E-state index in [0.29, 0.717) is 17.0 Å². The van der Waals surface area contributed by atoms with E-state index in [0.717, 1.165) is 18.8 Å². The van der Waals surface area contributed by atoms with Gasteiger partial charge in [-0.1, -0.05) is 6.92 Å². The van der Waals surface area contributed by atoms with Crippen LogP contribution in [0.2, 0.25) is 0 Å². The summed E-state index contributed by atoms with van der Waals surface area (Å²) in [5, 5.41) is 21.2. The van der Waals surface area contributed by atoms with Gasteiger partial charge < -0.3 is 15.2 Å². The van der Waals surface area contributed by atoms with Gasteiger partial charge in [-0.05, 0) is 36.8 Å². The quantitative estimate of drug-likeness (QED) is 0.864. The number of aromatic nitrogens is 2. The molecule has 5 heteroatoms. The van der Waals surface area contributed by atoms with Gasteiger partial charge in [0.2, 0.25) is 0 Å². The molecule has 19 heavy (non-hydrogen) atoms. The molecule has 0 aliphatic carbocycles. The van der Waals surface area contributed by atoms with Crippen molar-refractivity contribution in [3.05, 3.63) is 30.3 Å². The van der Waals surface area contributed by atoms with E-state index in [-0.39, 0.29) is 5.75 Å². The number of nitrogens with one attached hydrogen (secondary N) is 1. The van der Waals surface area contributed by atoms with Crippen LogP contribution in [0.25, 0.3) is 11.3 Å². The Bertz CT molecular complexity index is 541. The van der Waals surface area contributed by atoms with Gasteiger partial charge in [-0.2, -0.15) is 0 Å².